The Bertz CT molecular complexity index is 359. The first-order valence-electron chi connectivity index (χ1n) is 4.65. The molecule has 0 bridgehead atoms. The first-order valence-corrected chi connectivity index (χ1v) is 5.06. The zero-order chi connectivity index (χ0) is 12.2. The Labute approximate surface area is 96.8 Å². The molecular formula is C10H11F3N2S. The predicted molar refractivity (Wildman–Crippen MR) is 61.3 cm³/mol. The Kier molecular flexibility index (Phi) is 4.12. The molecule has 0 aliphatic carbocycles. The number of anilines is 1. The summed E-state index contributed by atoms with van der Waals surface area (Å²) in [5, 5.41) is 6.00. The van der Waals surface area contributed by atoms with Crippen LogP contribution in [0, 0.1) is 0 Å². The number of rotatable bonds is 2. The van der Waals surface area contributed by atoms with Gasteiger partial charge in [-0.25, -0.2) is 0 Å². The van der Waals surface area contributed by atoms with Gasteiger partial charge in [0.2, 0.25) is 0 Å². The highest BCUT2D eigenvalue weighted by atomic mass is 32.1. The van der Waals surface area contributed by atoms with Crippen LogP contribution in [-0.2, 0) is 6.18 Å². The van der Waals surface area contributed by atoms with Crippen molar-refractivity contribution < 1.29 is 13.2 Å². The largest absolute Gasteiger partial charge is 0.416 e. The lowest BCUT2D eigenvalue weighted by Crippen LogP contribution is -2.27. The fourth-order valence-electron chi connectivity index (χ4n) is 1.08. The molecular weight excluding hydrogens is 237 g/mol. The highest BCUT2D eigenvalue weighted by Gasteiger charge is 2.29. The molecule has 0 heterocycles. The molecule has 0 aromatic heterocycles. The number of alkyl halides is 3. The van der Waals surface area contributed by atoms with Crippen molar-refractivity contribution in [3.05, 3.63) is 29.8 Å². The number of hydrogen-bond donors (Lipinski definition) is 2. The third kappa shape index (κ3) is 3.69. The van der Waals surface area contributed by atoms with Crippen LogP contribution < -0.4 is 10.6 Å². The second kappa shape index (κ2) is 5.16. The van der Waals surface area contributed by atoms with E-state index in [1.54, 1.807) is 0 Å². The van der Waals surface area contributed by atoms with E-state index in [-0.39, 0.29) is 0 Å². The van der Waals surface area contributed by atoms with Gasteiger partial charge in [0, 0.05) is 12.2 Å². The van der Waals surface area contributed by atoms with Gasteiger partial charge in [-0.1, -0.05) is 0 Å². The maximum atomic E-state index is 12.2. The molecule has 1 rings (SSSR count). The first kappa shape index (κ1) is 12.8. The van der Waals surface area contributed by atoms with Gasteiger partial charge in [-0.05, 0) is 43.4 Å². The van der Waals surface area contributed by atoms with Gasteiger partial charge in [0.25, 0.3) is 0 Å². The SMILES string of the molecule is CCNC(=S)Nc1ccc(C(F)(F)F)cc1. The van der Waals surface area contributed by atoms with Crippen LogP contribution in [0.2, 0.25) is 0 Å². The summed E-state index contributed by atoms with van der Waals surface area (Å²) in [6, 6.07) is 4.70. The molecule has 0 saturated carbocycles. The number of halogens is 3. The van der Waals surface area contributed by atoms with Crippen molar-refractivity contribution in [2.24, 2.45) is 0 Å². The molecule has 0 unspecified atom stereocenters. The summed E-state index contributed by atoms with van der Waals surface area (Å²) in [4.78, 5) is 0. The van der Waals surface area contributed by atoms with Gasteiger partial charge in [-0.3, -0.25) is 0 Å². The van der Waals surface area contributed by atoms with E-state index in [0.29, 0.717) is 17.3 Å². The molecule has 2 N–H and O–H groups in total. The van der Waals surface area contributed by atoms with Crippen LogP contribution in [0.4, 0.5) is 18.9 Å². The van der Waals surface area contributed by atoms with Crippen molar-refractivity contribution in [3.8, 4) is 0 Å². The lowest BCUT2D eigenvalue weighted by atomic mass is 10.2. The summed E-state index contributed by atoms with van der Waals surface area (Å²) in [5.74, 6) is 0. The monoisotopic (exact) mass is 248 g/mol. The number of hydrogen-bond acceptors (Lipinski definition) is 1. The van der Waals surface area contributed by atoms with Crippen LogP contribution in [0.25, 0.3) is 0 Å². The molecule has 0 spiro atoms. The Balaban J connectivity index is 2.69. The van der Waals surface area contributed by atoms with Gasteiger partial charge < -0.3 is 10.6 Å². The van der Waals surface area contributed by atoms with Crippen molar-refractivity contribution in [2.75, 3.05) is 11.9 Å². The van der Waals surface area contributed by atoms with Gasteiger partial charge in [0.15, 0.2) is 5.11 Å². The molecule has 0 aliphatic rings. The first-order chi connectivity index (χ1) is 7.43. The third-order valence-corrected chi connectivity index (χ3v) is 2.05. The number of nitrogens with one attached hydrogen (secondary N) is 2. The van der Waals surface area contributed by atoms with Crippen LogP contribution >= 0.6 is 12.2 Å². The zero-order valence-corrected chi connectivity index (χ0v) is 9.38. The van der Waals surface area contributed by atoms with E-state index >= 15 is 0 Å². The van der Waals surface area contributed by atoms with Gasteiger partial charge in [-0.2, -0.15) is 13.2 Å². The van der Waals surface area contributed by atoms with Gasteiger partial charge >= 0.3 is 6.18 Å². The summed E-state index contributed by atoms with van der Waals surface area (Å²) < 4.78 is 36.7. The summed E-state index contributed by atoms with van der Waals surface area (Å²) in [7, 11) is 0. The molecule has 0 radical (unpaired) electrons. The van der Waals surface area contributed by atoms with Gasteiger partial charge in [-0.15, -0.1) is 0 Å². The average Bonchev–Trinajstić information content (AvgIpc) is 2.17. The molecule has 0 amide bonds. The quantitative estimate of drug-likeness (QED) is 0.787. The van der Waals surface area contributed by atoms with Gasteiger partial charge in [0.1, 0.15) is 0 Å². The minimum atomic E-state index is -4.30. The minimum Gasteiger partial charge on any atom is -0.363 e. The van der Waals surface area contributed by atoms with Gasteiger partial charge in [0.05, 0.1) is 5.56 Å². The molecule has 0 saturated heterocycles. The molecule has 0 aliphatic heterocycles. The van der Waals surface area contributed by atoms with E-state index in [4.69, 9.17) is 12.2 Å². The van der Waals surface area contributed by atoms with Crippen LogP contribution in [0.15, 0.2) is 24.3 Å². The summed E-state index contributed by atoms with van der Waals surface area (Å²) in [6.45, 7) is 2.53. The smallest absolute Gasteiger partial charge is 0.363 e. The van der Waals surface area contributed by atoms with Crippen LogP contribution in [0.5, 0.6) is 0 Å². The number of benzene rings is 1. The lowest BCUT2D eigenvalue weighted by Gasteiger charge is -2.10. The second-order valence-electron chi connectivity index (χ2n) is 3.06. The van der Waals surface area contributed by atoms with E-state index in [1.165, 1.54) is 12.1 Å². The third-order valence-electron chi connectivity index (χ3n) is 1.81. The molecule has 1 aromatic rings. The summed E-state index contributed by atoms with van der Waals surface area (Å²) >= 11 is 4.90. The predicted octanol–water partition coefficient (Wildman–Crippen LogP) is 3.01. The molecule has 1 aromatic carbocycles. The highest BCUT2D eigenvalue weighted by Crippen LogP contribution is 2.29. The Morgan fingerprint density at radius 1 is 1.25 bits per heavy atom. The van der Waals surface area contributed by atoms with E-state index in [9.17, 15) is 13.2 Å². The van der Waals surface area contributed by atoms with Crippen LogP contribution in [-0.4, -0.2) is 11.7 Å². The van der Waals surface area contributed by atoms with E-state index in [0.717, 1.165) is 12.1 Å². The molecule has 6 heteroatoms. The molecule has 88 valence electrons. The molecule has 0 fully saturated rings. The van der Waals surface area contributed by atoms with E-state index in [2.05, 4.69) is 10.6 Å². The Morgan fingerprint density at radius 2 is 1.81 bits per heavy atom. The summed E-state index contributed by atoms with van der Waals surface area (Å²) in [5.41, 5.74) is -0.147. The Hall–Kier alpha value is -1.30. The fraction of sp³-hybridized carbons (Fsp3) is 0.300. The zero-order valence-electron chi connectivity index (χ0n) is 8.56. The van der Waals surface area contributed by atoms with Crippen molar-refractivity contribution in [1.29, 1.82) is 0 Å². The fourth-order valence-corrected chi connectivity index (χ4v) is 1.34. The standard InChI is InChI=1S/C10H11F3N2S/c1-2-14-9(16)15-8-5-3-7(4-6-8)10(11,12)13/h3-6H,2H2,1H3,(H2,14,15,16). The maximum Gasteiger partial charge on any atom is 0.416 e. The average molecular weight is 248 g/mol. The minimum absolute atomic E-state index is 0.391. The maximum absolute atomic E-state index is 12.2. The molecule has 16 heavy (non-hydrogen) atoms. The van der Waals surface area contributed by atoms with E-state index in [1.807, 2.05) is 6.92 Å². The van der Waals surface area contributed by atoms with Crippen molar-refractivity contribution in [1.82, 2.24) is 5.32 Å². The Morgan fingerprint density at radius 3 is 2.25 bits per heavy atom. The summed E-state index contributed by atoms with van der Waals surface area (Å²) in [6.07, 6.45) is -4.30. The van der Waals surface area contributed by atoms with Crippen molar-refractivity contribution >= 4 is 23.0 Å². The van der Waals surface area contributed by atoms with E-state index < -0.39 is 11.7 Å². The topological polar surface area (TPSA) is 24.1 Å². The van der Waals surface area contributed by atoms with Crippen molar-refractivity contribution in [2.45, 2.75) is 13.1 Å². The van der Waals surface area contributed by atoms with Crippen LogP contribution in [0.3, 0.4) is 0 Å². The van der Waals surface area contributed by atoms with Crippen LogP contribution in [0.1, 0.15) is 12.5 Å². The highest BCUT2D eigenvalue weighted by molar-refractivity contribution is 7.80. The lowest BCUT2D eigenvalue weighted by molar-refractivity contribution is -0.137. The van der Waals surface area contributed by atoms with Crippen molar-refractivity contribution in [3.63, 3.8) is 0 Å². The second-order valence-corrected chi connectivity index (χ2v) is 3.47. The molecule has 0 atom stereocenters. The molecule has 2 nitrogen and oxygen atoms in total. The number of thiocarbonyl (C=S) groups is 1. The normalized spacial score (nSPS) is 11.0.